The number of esters is 2. The van der Waals surface area contributed by atoms with Crippen LogP contribution in [0.15, 0.2) is 29.3 Å². The summed E-state index contributed by atoms with van der Waals surface area (Å²) in [5.74, 6) is -0.867. The number of aromatic nitrogens is 1. The van der Waals surface area contributed by atoms with E-state index in [4.69, 9.17) is 38.4 Å². The Labute approximate surface area is 264 Å². The average Bonchev–Trinajstić information content (AvgIpc) is 2.89. The fourth-order valence-corrected chi connectivity index (χ4v) is 8.23. The summed E-state index contributed by atoms with van der Waals surface area (Å²) in [5.41, 5.74) is 2.41. The molecular formula is C31H43Cl2N3O6S. The molecule has 2 aliphatic carbocycles. The zero-order chi connectivity index (χ0) is 32.0. The van der Waals surface area contributed by atoms with Gasteiger partial charge in [0.05, 0.1) is 20.7 Å². The zero-order valence-electron chi connectivity index (χ0n) is 25.8. The molecule has 0 aliphatic heterocycles. The number of carbonyl (C=O) groups excluding carboxylic acids is 2. The molecule has 1 heterocycles. The first kappa shape index (κ1) is 33.9. The Morgan fingerprint density at radius 2 is 1.37 bits per heavy atom. The van der Waals surface area contributed by atoms with Crippen LogP contribution in [0.2, 0.25) is 10.2 Å². The highest BCUT2D eigenvalue weighted by Crippen LogP contribution is 2.59. The number of benzene rings is 1. The van der Waals surface area contributed by atoms with Gasteiger partial charge in [0.1, 0.15) is 16.4 Å². The van der Waals surface area contributed by atoms with Crippen molar-refractivity contribution in [2.24, 2.45) is 16.6 Å². The summed E-state index contributed by atoms with van der Waals surface area (Å²) in [7, 11) is -3.96. The first-order valence-corrected chi connectivity index (χ1v) is 17.0. The van der Waals surface area contributed by atoms with Gasteiger partial charge >= 0.3 is 11.9 Å². The molecule has 9 nitrogen and oxygen atoms in total. The molecule has 0 bridgehead atoms. The highest BCUT2D eigenvalue weighted by Gasteiger charge is 2.64. The monoisotopic (exact) mass is 655 g/mol. The molecule has 43 heavy (non-hydrogen) atoms. The van der Waals surface area contributed by atoms with Gasteiger partial charge in [-0.2, -0.15) is 0 Å². The smallest absolute Gasteiger partial charge is 0.313 e. The predicted octanol–water partition coefficient (Wildman–Crippen LogP) is 6.32. The molecule has 1 aromatic carbocycles. The molecule has 0 saturated heterocycles. The standard InChI is InChI=1S/C31H43Cl2N3O6S/c1-28(2,3)41-26(37)30(13-9-19(34)10-14-30)31(27(38)42-29(4,5)6)15-11-20(12-16-31)36-43(39,40)21-7-8-22-23(17-21)25(33)35-18-24(22)32/h7-8,17-20,36H,9-16,34H2,1-6H3. The lowest BCUT2D eigenvalue weighted by Gasteiger charge is -2.53. The second-order valence-corrected chi connectivity index (χ2v) is 16.5. The van der Waals surface area contributed by atoms with Gasteiger partial charge in [-0.15, -0.1) is 0 Å². The summed E-state index contributed by atoms with van der Waals surface area (Å²) in [6.45, 7) is 10.8. The summed E-state index contributed by atoms with van der Waals surface area (Å²) >= 11 is 12.5. The van der Waals surface area contributed by atoms with Crippen LogP contribution in [0.5, 0.6) is 0 Å². The second kappa shape index (κ2) is 12.1. The van der Waals surface area contributed by atoms with Crippen molar-refractivity contribution in [2.75, 3.05) is 0 Å². The van der Waals surface area contributed by atoms with Gasteiger partial charge < -0.3 is 15.2 Å². The molecule has 2 fully saturated rings. The lowest BCUT2D eigenvalue weighted by atomic mass is 9.51. The predicted molar refractivity (Wildman–Crippen MR) is 167 cm³/mol. The number of rotatable bonds is 6. The number of pyridine rings is 1. The number of fused-ring (bicyclic) bond motifs is 1. The largest absolute Gasteiger partial charge is 0.460 e. The Balaban J connectivity index is 1.65. The molecule has 0 spiro atoms. The maximum Gasteiger partial charge on any atom is 0.313 e. The van der Waals surface area contributed by atoms with E-state index in [-0.39, 0.29) is 28.9 Å². The summed E-state index contributed by atoms with van der Waals surface area (Å²) in [5, 5.41) is 1.54. The minimum Gasteiger partial charge on any atom is -0.460 e. The van der Waals surface area contributed by atoms with E-state index < -0.39 is 50.0 Å². The van der Waals surface area contributed by atoms with Crippen LogP contribution < -0.4 is 10.5 Å². The van der Waals surface area contributed by atoms with Gasteiger partial charge in [0.15, 0.2) is 0 Å². The van der Waals surface area contributed by atoms with Gasteiger partial charge in [-0.05, 0) is 105 Å². The Morgan fingerprint density at radius 3 is 1.86 bits per heavy atom. The van der Waals surface area contributed by atoms with E-state index in [1.807, 2.05) is 20.8 Å². The van der Waals surface area contributed by atoms with E-state index in [1.54, 1.807) is 26.8 Å². The van der Waals surface area contributed by atoms with Gasteiger partial charge in [0.25, 0.3) is 0 Å². The van der Waals surface area contributed by atoms with Crippen LogP contribution in [0.1, 0.15) is 92.9 Å². The second-order valence-electron chi connectivity index (χ2n) is 14.0. The van der Waals surface area contributed by atoms with Gasteiger partial charge in [0, 0.05) is 29.1 Å². The molecule has 0 unspecified atom stereocenters. The molecule has 4 rings (SSSR count). The van der Waals surface area contributed by atoms with Crippen LogP contribution in [0, 0.1) is 10.8 Å². The summed E-state index contributed by atoms with van der Waals surface area (Å²) in [6.07, 6.45) is 4.53. The fourth-order valence-electron chi connectivity index (χ4n) is 6.48. The molecule has 2 saturated carbocycles. The van der Waals surface area contributed by atoms with Crippen LogP contribution in [0.25, 0.3) is 10.8 Å². The van der Waals surface area contributed by atoms with Crippen molar-refractivity contribution in [2.45, 2.75) is 121 Å². The molecule has 2 aromatic rings. The van der Waals surface area contributed by atoms with Crippen molar-refractivity contribution in [3.63, 3.8) is 0 Å². The Bertz CT molecular complexity index is 1480. The van der Waals surface area contributed by atoms with Crippen LogP contribution >= 0.6 is 23.2 Å². The average molecular weight is 657 g/mol. The first-order valence-electron chi connectivity index (χ1n) is 14.8. The van der Waals surface area contributed by atoms with Crippen molar-refractivity contribution in [1.29, 1.82) is 0 Å². The summed E-state index contributed by atoms with van der Waals surface area (Å²) < 4.78 is 41.8. The van der Waals surface area contributed by atoms with E-state index in [1.165, 1.54) is 18.3 Å². The Hall–Kier alpha value is -1.98. The number of sulfonamides is 1. The topological polar surface area (TPSA) is 138 Å². The number of nitrogens with one attached hydrogen (secondary N) is 1. The van der Waals surface area contributed by atoms with Crippen molar-refractivity contribution >= 4 is 55.9 Å². The third-order valence-corrected chi connectivity index (χ3v) is 10.7. The molecule has 0 amide bonds. The maximum atomic E-state index is 14.2. The Kier molecular flexibility index (Phi) is 9.53. The highest BCUT2D eigenvalue weighted by molar-refractivity contribution is 7.89. The summed E-state index contributed by atoms with van der Waals surface area (Å²) in [4.78, 5) is 32.3. The van der Waals surface area contributed by atoms with Crippen LogP contribution in [0.4, 0.5) is 0 Å². The number of hydrogen-bond acceptors (Lipinski definition) is 8. The Morgan fingerprint density at radius 1 is 0.884 bits per heavy atom. The fraction of sp³-hybridized carbons (Fsp3) is 0.645. The first-order chi connectivity index (χ1) is 19.8. The molecule has 0 radical (unpaired) electrons. The van der Waals surface area contributed by atoms with Gasteiger partial charge in [-0.25, -0.2) is 18.1 Å². The number of nitrogens with zero attached hydrogens (tertiary/aromatic N) is 1. The van der Waals surface area contributed by atoms with Crippen LogP contribution in [-0.2, 0) is 29.1 Å². The molecular weight excluding hydrogens is 613 g/mol. The quantitative estimate of drug-likeness (QED) is 0.272. The number of hydrogen-bond donors (Lipinski definition) is 2. The number of carbonyl (C=O) groups is 2. The SMILES string of the molecule is CC(C)(C)OC(=O)C1(C2(C(=O)OC(C)(C)C)CCC(NS(=O)(=O)c3ccc4c(Cl)cnc(Cl)c4c3)CC2)CCC(N)CC1. The van der Waals surface area contributed by atoms with Crippen molar-refractivity contribution in [3.05, 3.63) is 34.6 Å². The highest BCUT2D eigenvalue weighted by atomic mass is 35.5. The third kappa shape index (κ3) is 7.14. The van der Waals surface area contributed by atoms with Gasteiger partial charge in [0.2, 0.25) is 10.0 Å². The zero-order valence-corrected chi connectivity index (χ0v) is 28.1. The maximum absolute atomic E-state index is 14.2. The number of ether oxygens (including phenoxy) is 2. The van der Waals surface area contributed by atoms with E-state index in [9.17, 15) is 18.0 Å². The molecule has 1 aromatic heterocycles. The van der Waals surface area contributed by atoms with Crippen molar-refractivity contribution in [3.8, 4) is 0 Å². The molecule has 12 heteroatoms. The minimum absolute atomic E-state index is 0.0291. The van der Waals surface area contributed by atoms with Crippen molar-refractivity contribution < 1.29 is 27.5 Å². The van der Waals surface area contributed by atoms with Crippen LogP contribution in [0.3, 0.4) is 0 Å². The van der Waals surface area contributed by atoms with E-state index in [0.29, 0.717) is 54.3 Å². The van der Waals surface area contributed by atoms with E-state index >= 15 is 0 Å². The summed E-state index contributed by atoms with van der Waals surface area (Å²) in [6, 6.07) is 3.99. The lowest BCUT2D eigenvalue weighted by Crippen LogP contribution is -2.60. The lowest BCUT2D eigenvalue weighted by molar-refractivity contribution is -0.203. The van der Waals surface area contributed by atoms with Crippen molar-refractivity contribution in [1.82, 2.24) is 9.71 Å². The number of halogens is 2. The normalized spacial score (nSPS) is 27.1. The molecule has 238 valence electrons. The van der Waals surface area contributed by atoms with Gasteiger partial charge in [-0.1, -0.05) is 29.3 Å². The third-order valence-electron chi connectivity index (χ3n) is 8.61. The van der Waals surface area contributed by atoms with Gasteiger partial charge in [-0.3, -0.25) is 9.59 Å². The molecule has 0 atom stereocenters. The molecule has 2 aliphatic rings. The van der Waals surface area contributed by atoms with Crippen LogP contribution in [-0.4, -0.2) is 48.6 Å². The molecule has 3 N–H and O–H groups in total. The van der Waals surface area contributed by atoms with E-state index in [0.717, 1.165) is 0 Å². The minimum atomic E-state index is -3.96. The number of nitrogens with two attached hydrogens (primary N) is 1. The van der Waals surface area contributed by atoms with E-state index in [2.05, 4.69) is 9.71 Å².